The van der Waals surface area contributed by atoms with E-state index in [0.29, 0.717) is 0 Å². The second kappa shape index (κ2) is 17.2. The first-order valence-electron chi connectivity index (χ1n) is 24.1. The number of hydrogen-bond donors (Lipinski definition) is 0. The van der Waals surface area contributed by atoms with Crippen LogP contribution in [0.25, 0.3) is 49.7 Å². The number of aromatic nitrogens is 1. The second-order valence-corrected chi connectivity index (χ2v) is 18.1. The first-order chi connectivity index (χ1) is 34.7. The Bertz CT molecular complexity index is 3750. The highest BCUT2D eigenvalue weighted by Crippen LogP contribution is 2.58. The van der Waals surface area contributed by atoms with Gasteiger partial charge in [-0.1, -0.05) is 194 Å². The molecule has 0 fully saturated rings. The average molecular weight is 894 g/mol. The summed E-state index contributed by atoms with van der Waals surface area (Å²) < 4.78 is 2.37. The smallest absolute Gasteiger partial charge is 0.0742 e. The fraction of sp³-hybridized carbons (Fsp3) is 0.0149. The Morgan fingerprint density at radius 1 is 0.286 bits per heavy atom. The molecule has 11 aromatic carbocycles. The van der Waals surface area contributed by atoms with Gasteiger partial charge in [-0.2, -0.15) is 0 Å². The third kappa shape index (κ3) is 6.74. The SMILES string of the molecule is c1ccc(N(c2ccc(-c3ccc4c(c3)N(c3ccccc3)c3ccccc3C4(c3ccccc3)c3ccccc3)cc2)c2ccc(-c3ccc4c(c3)c3ccccc3n4-c3ccccc3)cc2)cc1. The van der Waals surface area contributed by atoms with E-state index in [2.05, 4.69) is 299 Å². The zero-order valence-electron chi connectivity index (χ0n) is 38.5. The molecule has 0 radical (unpaired) electrons. The monoisotopic (exact) mass is 893 g/mol. The van der Waals surface area contributed by atoms with Crippen LogP contribution >= 0.6 is 0 Å². The summed E-state index contributed by atoms with van der Waals surface area (Å²) in [6.45, 7) is 0. The molecular formula is C67H47N3. The summed E-state index contributed by atoms with van der Waals surface area (Å²) in [5, 5.41) is 2.50. The van der Waals surface area contributed by atoms with Crippen molar-refractivity contribution in [2.45, 2.75) is 5.41 Å². The van der Waals surface area contributed by atoms with Crippen molar-refractivity contribution in [3.8, 4) is 27.9 Å². The lowest BCUT2D eigenvalue weighted by atomic mass is 9.62. The van der Waals surface area contributed by atoms with Crippen LogP contribution in [0.2, 0.25) is 0 Å². The van der Waals surface area contributed by atoms with Gasteiger partial charge >= 0.3 is 0 Å². The maximum atomic E-state index is 2.45. The summed E-state index contributed by atoms with van der Waals surface area (Å²) in [7, 11) is 0. The maximum Gasteiger partial charge on any atom is 0.0742 e. The molecule has 330 valence electrons. The van der Waals surface area contributed by atoms with Crippen molar-refractivity contribution in [1.82, 2.24) is 4.57 Å². The van der Waals surface area contributed by atoms with Gasteiger partial charge in [0.05, 0.1) is 27.8 Å². The summed E-state index contributed by atoms with van der Waals surface area (Å²) in [5.41, 5.74) is 19.4. The van der Waals surface area contributed by atoms with Crippen molar-refractivity contribution in [3.63, 3.8) is 0 Å². The van der Waals surface area contributed by atoms with Gasteiger partial charge in [-0.05, 0) is 136 Å². The van der Waals surface area contributed by atoms with Gasteiger partial charge in [-0.3, -0.25) is 0 Å². The standard InChI is InChI=1S/C67H47N3/c1-6-20-52(21-7-1)67(53-22-8-2-9-23-53)61-31-17-19-33-65(61)70(56-28-14-5-15-29-56)66-47-51(38-44-62(66)67)49-36-42-58(43-37-49)68(54-24-10-3-11-25-54)57-40-34-48(35-41-57)50-39-45-64-60(46-50)59-30-16-18-32-63(59)69(64)55-26-12-4-13-27-55/h1-47H. The minimum Gasteiger partial charge on any atom is -0.311 e. The van der Waals surface area contributed by atoms with E-state index in [4.69, 9.17) is 0 Å². The molecule has 0 unspecified atom stereocenters. The Labute approximate surface area is 409 Å². The Morgan fingerprint density at radius 3 is 1.36 bits per heavy atom. The molecule has 0 bridgehead atoms. The molecule has 70 heavy (non-hydrogen) atoms. The van der Waals surface area contributed by atoms with Crippen LogP contribution in [-0.2, 0) is 5.41 Å². The highest BCUT2D eigenvalue weighted by molar-refractivity contribution is 6.10. The van der Waals surface area contributed by atoms with E-state index in [9.17, 15) is 0 Å². The third-order valence-electron chi connectivity index (χ3n) is 14.2. The molecule has 13 rings (SSSR count). The van der Waals surface area contributed by atoms with Gasteiger partial charge in [0.1, 0.15) is 0 Å². The molecule has 3 nitrogen and oxygen atoms in total. The molecule has 0 N–H and O–H groups in total. The van der Waals surface area contributed by atoms with Crippen LogP contribution in [0.5, 0.6) is 0 Å². The Kier molecular flexibility index (Phi) is 10.1. The largest absolute Gasteiger partial charge is 0.311 e. The fourth-order valence-corrected chi connectivity index (χ4v) is 11.1. The molecule has 12 aromatic rings. The summed E-state index contributed by atoms with van der Waals surface area (Å²) in [4.78, 5) is 4.80. The molecule has 0 atom stereocenters. The highest BCUT2D eigenvalue weighted by atomic mass is 15.2. The molecule has 0 aliphatic carbocycles. The first kappa shape index (κ1) is 41.0. The van der Waals surface area contributed by atoms with Gasteiger partial charge in [0.2, 0.25) is 0 Å². The highest BCUT2D eigenvalue weighted by Gasteiger charge is 2.46. The van der Waals surface area contributed by atoms with E-state index < -0.39 is 5.41 Å². The second-order valence-electron chi connectivity index (χ2n) is 18.1. The van der Waals surface area contributed by atoms with Crippen molar-refractivity contribution < 1.29 is 0 Å². The Morgan fingerprint density at radius 2 is 0.729 bits per heavy atom. The van der Waals surface area contributed by atoms with Crippen molar-refractivity contribution in [1.29, 1.82) is 0 Å². The summed E-state index contributed by atoms with van der Waals surface area (Å²) >= 11 is 0. The summed E-state index contributed by atoms with van der Waals surface area (Å²) in [5.74, 6) is 0. The number of para-hydroxylation sites is 5. The van der Waals surface area contributed by atoms with Crippen molar-refractivity contribution >= 4 is 55.9 Å². The number of anilines is 6. The number of nitrogens with zero attached hydrogens (tertiary/aromatic N) is 3. The van der Waals surface area contributed by atoms with Crippen LogP contribution in [0.3, 0.4) is 0 Å². The van der Waals surface area contributed by atoms with Gasteiger partial charge in [0.25, 0.3) is 0 Å². The molecular weight excluding hydrogens is 847 g/mol. The van der Waals surface area contributed by atoms with E-state index in [1.165, 1.54) is 60.9 Å². The zero-order valence-corrected chi connectivity index (χ0v) is 38.5. The van der Waals surface area contributed by atoms with Crippen LogP contribution in [0.15, 0.2) is 285 Å². The van der Waals surface area contributed by atoms with Crippen molar-refractivity contribution in [2.24, 2.45) is 0 Å². The number of fused-ring (bicyclic) bond motifs is 5. The van der Waals surface area contributed by atoms with Crippen LogP contribution < -0.4 is 9.80 Å². The lowest BCUT2D eigenvalue weighted by Gasteiger charge is -2.46. The lowest BCUT2D eigenvalue weighted by molar-refractivity contribution is 0.731. The number of benzene rings is 11. The van der Waals surface area contributed by atoms with Crippen LogP contribution in [-0.4, -0.2) is 4.57 Å². The molecule has 0 spiro atoms. The van der Waals surface area contributed by atoms with Crippen LogP contribution in [0, 0.1) is 0 Å². The predicted octanol–water partition coefficient (Wildman–Crippen LogP) is 17.8. The zero-order chi connectivity index (χ0) is 46.4. The van der Waals surface area contributed by atoms with E-state index in [0.717, 1.165) is 45.3 Å². The summed E-state index contributed by atoms with van der Waals surface area (Å²) in [6, 6.07) is 104. The summed E-state index contributed by atoms with van der Waals surface area (Å²) in [6.07, 6.45) is 0. The predicted molar refractivity (Wildman–Crippen MR) is 293 cm³/mol. The topological polar surface area (TPSA) is 11.4 Å². The van der Waals surface area contributed by atoms with Crippen molar-refractivity contribution in [2.75, 3.05) is 9.80 Å². The first-order valence-corrected chi connectivity index (χ1v) is 24.1. The number of rotatable bonds is 9. The minimum atomic E-state index is -0.552. The van der Waals surface area contributed by atoms with E-state index in [1.807, 2.05) is 0 Å². The molecule has 2 heterocycles. The minimum absolute atomic E-state index is 0.552. The third-order valence-corrected chi connectivity index (χ3v) is 14.2. The molecule has 1 aliphatic heterocycles. The normalized spacial score (nSPS) is 12.7. The lowest BCUT2D eigenvalue weighted by Crippen LogP contribution is -2.37. The van der Waals surface area contributed by atoms with Crippen LogP contribution in [0.4, 0.5) is 34.1 Å². The Balaban J connectivity index is 0.893. The van der Waals surface area contributed by atoms with Gasteiger partial charge in [0.15, 0.2) is 0 Å². The Hall–Kier alpha value is -9.18. The molecule has 0 amide bonds. The average Bonchev–Trinajstić information content (AvgIpc) is 3.78. The van der Waals surface area contributed by atoms with Crippen LogP contribution in [0.1, 0.15) is 22.3 Å². The number of hydrogen-bond acceptors (Lipinski definition) is 2. The quantitative estimate of drug-likeness (QED) is 0.143. The molecule has 1 aromatic heterocycles. The van der Waals surface area contributed by atoms with Gasteiger partial charge in [0, 0.05) is 39.2 Å². The van der Waals surface area contributed by atoms with E-state index in [1.54, 1.807) is 0 Å². The van der Waals surface area contributed by atoms with Crippen molar-refractivity contribution in [3.05, 3.63) is 307 Å². The van der Waals surface area contributed by atoms with E-state index in [-0.39, 0.29) is 0 Å². The fourth-order valence-electron chi connectivity index (χ4n) is 11.1. The van der Waals surface area contributed by atoms with Gasteiger partial charge < -0.3 is 14.4 Å². The maximum absolute atomic E-state index is 2.45. The molecule has 0 saturated carbocycles. The van der Waals surface area contributed by atoms with E-state index >= 15 is 0 Å². The van der Waals surface area contributed by atoms with Gasteiger partial charge in [-0.25, -0.2) is 0 Å². The molecule has 1 aliphatic rings. The molecule has 0 saturated heterocycles. The molecule has 3 heteroatoms. The van der Waals surface area contributed by atoms with Gasteiger partial charge in [-0.15, -0.1) is 0 Å².